The van der Waals surface area contributed by atoms with Crippen LogP contribution in [0.5, 0.6) is 0 Å². The molecule has 0 radical (unpaired) electrons. The minimum atomic E-state index is 0. The number of hydrogen-bond acceptors (Lipinski definition) is 2. The minimum Gasteiger partial charge on any atom is -0.384 e. The fourth-order valence-electron chi connectivity index (χ4n) is 3.23. The number of carbonyl (C=O) groups excluding carboxylic acids is 1. The molecule has 2 aliphatic rings. The van der Waals surface area contributed by atoms with E-state index in [1.807, 2.05) is 36.4 Å². The van der Waals surface area contributed by atoms with Crippen molar-refractivity contribution in [2.24, 2.45) is 5.92 Å². The van der Waals surface area contributed by atoms with E-state index in [1.54, 1.807) is 0 Å². The highest BCUT2D eigenvalue weighted by molar-refractivity contribution is 5.95. The predicted octanol–water partition coefficient (Wildman–Crippen LogP) is 3.96. The van der Waals surface area contributed by atoms with Gasteiger partial charge in [-0.2, -0.15) is 0 Å². The number of anilines is 1. The lowest BCUT2D eigenvalue weighted by atomic mass is 10.0. The van der Waals surface area contributed by atoms with Crippen LogP contribution in [0.25, 0.3) is 0 Å². The number of halogens is 1. The largest absolute Gasteiger partial charge is 0.384 e. The molecule has 0 aromatic heterocycles. The average Bonchev–Trinajstić information content (AvgIpc) is 3.29. The molecule has 1 aliphatic heterocycles. The Morgan fingerprint density at radius 1 is 1.13 bits per heavy atom. The van der Waals surface area contributed by atoms with E-state index in [2.05, 4.69) is 22.8 Å². The van der Waals surface area contributed by atoms with Crippen LogP contribution >= 0.6 is 12.4 Å². The quantitative estimate of drug-likeness (QED) is 0.892. The predicted molar refractivity (Wildman–Crippen MR) is 95.3 cm³/mol. The molecular weight excluding hydrogens is 308 g/mol. The van der Waals surface area contributed by atoms with Crippen molar-refractivity contribution in [1.29, 1.82) is 0 Å². The Balaban J connectivity index is 0.00000156. The zero-order valence-electron chi connectivity index (χ0n) is 12.9. The highest BCUT2D eigenvalue weighted by atomic mass is 35.5. The summed E-state index contributed by atoms with van der Waals surface area (Å²) >= 11 is 0. The van der Waals surface area contributed by atoms with Crippen LogP contribution < -0.4 is 10.6 Å². The van der Waals surface area contributed by atoms with Gasteiger partial charge in [-0.3, -0.25) is 4.79 Å². The lowest BCUT2D eigenvalue weighted by molar-refractivity contribution is 0.0931. The number of fused-ring (bicyclic) bond motifs is 1. The molecule has 1 heterocycles. The molecule has 0 saturated heterocycles. The summed E-state index contributed by atoms with van der Waals surface area (Å²) in [6.45, 7) is 0.967. The van der Waals surface area contributed by atoms with Crippen LogP contribution in [0.2, 0.25) is 0 Å². The van der Waals surface area contributed by atoms with Gasteiger partial charge < -0.3 is 10.6 Å². The standard InChI is InChI=1S/C19H20N2O.ClH/c22-19(16-8-9-17-15(12-16)10-11-20-17)21-18(14-6-7-14)13-4-2-1-3-5-13;/h1-5,8-9,12,14,18,20H,6-7,10-11H2,(H,21,22);1H. The smallest absolute Gasteiger partial charge is 0.251 e. The first-order chi connectivity index (χ1) is 10.8. The Bertz CT molecular complexity index is 698. The number of benzene rings is 2. The van der Waals surface area contributed by atoms with Gasteiger partial charge in [-0.1, -0.05) is 30.3 Å². The summed E-state index contributed by atoms with van der Waals surface area (Å²) < 4.78 is 0. The first-order valence-corrected chi connectivity index (χ1v) is 8.04. The van der Waals surface area contributed by atoms with Gasteiger partial charge in [0.25, 0.3) is 5.91 Å². The van der Waals surface area contributed by atoms with Crippen LogP contribution in [0.15, 0.2) is 48.5 Å². The molecule has 1 unspecified atom stereocenters. The highest BCUT2D eigenvalue weighted by Gasteiger charge is 2.33. The van der Waals surface area contributed by atoms with E-state index in [0.29, 0.717) is 5.92 Å². The van der Waals surface area contributed by atoms with Crippen LogP contribution in [0, 0.1) is 5.92 Å². The molecule has 1 amide bonds. The van der Waals surface area contributed by atoms with Gasteiger partial charge in [-0.25, -0.2) is 0 Å². The highest BCUT2D eigenvalue weighted by Crippen LogP contribution is 2.41. The van der Waals surface area contributed by atoms with E-state index in [1.165, 1.54) is 29.7 Å². The van der Waals surface area contributed by atoms with Crippen LogP contribution in [-0.4, -0.2) is 12.5 Å². The fraction of sp³-hybridized carbons (Fsp3) is 0.316. The SMILES string of the molecule is Cl.O=C(NC(c1ccccc1)C1CC1)c1ccc2c(c1)CCN2. The topological polar surface area (TPSA) is 41.1 Å². The first-order valence-electron chi connectivity index (χ1n) is 8.04. The van der Waals surface area contributed by atoms with Crippen LogP contribution in [0.1, 0.15) is 40.4 Å². The second-order valence-corrected chi connectivity index (χ2v) is 6.25. The third-order valence-electron chi connectivity index (χ3n) is 4.62. The molecule has 1 aliphatic carbocycles. The van der Waals surface area contributed by atoms with E-state index in [4.69, 9.17) is 0 Å². The Hall–Kier alpha value is -2.00. The summed E-state index contributed by atoms with van der Waals surface area (Å²) in [5, 5.41) is 6.57. The normalized spacial score (nSPS) is 16.7. The van der Waals surface area contributed by atoms with Gasteiger partial charge in [0.2, 0.25) is 0 Å². The maximum atomic E-state index is 12.6. The van der Waals surface area contributed by atoms with Gasteiger partial charge in [0.05, 0.1) is 6.04 Å². The third-order valence-corrected chi connectivity index (χ3v) is 4.62. The van der Waals surface area contributed by atoms with E-state index >= 15 is 0 Å². The maximum absolute atomic E-state index is 12.6. The first kappa shape index (κ1) is 15.9. The molecule has 3 nitrogen and oxygen atoms in total. The number of rotatable bonds is 4. The lowest BCUT2D eigenvalue weighted by Crippen LogP contribution is -2.29. The summed E-state index contributed by atoms with van der Waals surface area (Å²) in [4.78, 5) is 12.6. The van der Waals surface area contributed by atoms with Crippen molar-refractivity contribution in [3.63, 3.8) is 0 Å². The lowest BCUT2D eigenvalue weighted by Gasteiger charge is -2.19. The molecule has 1 saturated carbocycles. The minimum absolute atomic E-state index is 0. The summed E-state index contributed by atoms with van der Waals surface area (Å²) in [5.74, 6) is 0.623. The summed E-state index contributed by atoms with van der Waals surface area (Å²) in [6, 6.07) is 16.4. The van der Waals surface area contributed by atoms with Crippen LogP contribution in [0.4, 0.5) is 5.69 Å². The number of nitrogens with one attached hydrogen (secondary N) is 2. The third kappa shape index (κ3) is 3.35. The second-order valence-electron chi connectivity index (χ2n) is 6.25. The van der Waals surface area contributed by atoms with Crippen LogP contribution in [-0.2, 0) is 6.42 Å². The van der Waals surface area contributed by atoms with Crippen molar-refractivity contribution < 1.29 is 4.79 Å². The van der Waals surface area contributed by atoms with Crippen molar-refractivity contribution in [3.8, 4) is 0 Å². The Morgan fingerprint density at radius 3 is 2.65 bits per heavy atom. The second kappa shape index (κ2) is 6.63. The van der Waals surface area contributed by atoms with Crippen molar-refractivity contribution >= 4 is 24.0 Å². The van der Waals surface area contributed by atoms with Crippen molar-refractivity contribution in [1.82, 2.24) is 5.32 Å². The van der Waals surface area contributed by atoms with Gasteiger partial charge in [0.1, 0.15) is 0 Å². The van der Waals surface area contributed by atoms with E-state index in [9.17, 15) is 4.79 Å². The zero-order valence-corrected chi connectivity index (χ0v) is 13.7. The van der Waals surface area contributed by atoms with Crippen molar-refractivity contribution in [3.05, 3.63) is 65.2 Å². The molecule has 2 aromatic carbocycles. The molecule has 1 atom stereocenters. The molecule has 23 heavy (non-hydrogen) atoms. The summed E-state index contributed by atoms with van der Waals surface area (Å²) in [5.41, 5.74) is 4.39. The van der Waals surface area contributed by atoms with E-state index in [0.717, 1.165) is 18.5 Å². The molecular formula is C19H21ClN2O. The fourth-order valence-corrected chi connectivity index (χ4v) is 3.23. The molecule has 4 heteroatoms. The molecule has 2 aromatic rings. The molecule has 2 N–H and O–H groups in total. The number of amides is 1. The molecule has 1 fully saturated rings. The number of carbonyl (C=O) groups is 1. The molecule has 0 bridgehead atoms. The molecule has 0 spiro atoms. The van der Waals surface area contributed by atoms with Crippen LogP contribution in [0.3, 0.4) is 0 Å². The zero-order chi connectivity index (χ0) is 14.9. The Kier molecular flexibility index (Phi) is 4.58. The van der Waals surface area contributed by atoms with Crippen molar-refractivity contribution in [2.45, 2.75) is 25.3 Å². The van der Waals surface area contributed by atoms with Gasteiger partial charge in [-0.15, -0.1) is 12.4 Å². The summed E-state index contributed by atoms with van der Waals surface area (Å²) in [7, 11) is 0. The monoisotopic (exact) mass is 328 g/mol. The average molecular weight is 329 g/mol. The maximum Gasteiger partial charge on any atom is 0.251 e. The Morgan fingerprint density at radius 2 is 1.91 bits per heavy atom. The van der Waals surface area contributed by atoms with Gasteiger partial charge >= 0.3 is 0 Å². The molecule has 120 valence electrons. The number of hydrogen-bond donors (Lipinski definition) is 2. The Labute approximate surface area is 142 Å². The van der Waals surface area contributed by atoms with Gasteiger partial charge in [0.15, 0.2) is 0 Å². The van der Waals surface area contributed by atoms with E-state index < -0.39 is 0 Å². The van der Waals surface area contributed by atoms with Gasteiger partial charge in [0, 0.05) is 17.8 Å². The van der Waals surface area contributed by atoms with E-state index in [-0.39, 0.29) is 24.4 Å². The summed E-state index contributed by atoms with van der Waals surface area (Å²) in [6.07, 6.45) is 3.41. The van der Waals surface area contributed by atoms with Crippen molar-refractivity contribution in [2.75, 3.05) is 11.9 Å². The molecule has 4 rings (SSSR count). The van der Waals surface area contributed by atoms with Gasteiger partial charge in [-0.05, 0) is 54.5 Å².